The molecule has 1 saturated heterocycles. The molecule has 0 unspecified atom stereocenters. The number of hydrogen-bond acceptors (Lipinski definition) is 3. The lowest BCUT2D eigenvalue weighted by molar-refractivity contribution is 0.373. The Morgan fingerprint density at radius 2 is 2.20 bits per heavy atom. The summed E-state index contributed by atoms with van der Waals surface area (Å²) < 4.78 is 0. The Morgan fingerprint density at radius 3 is 2.80 bits per heavy atom. The molecule has 1 aromatic rings. The molecular weight excluding hydrogens is 186 g/mol. The lowest BCUT2D eigenvalue weighted by Gasteiger charge is -2.31. The number of aromatic nitrogens is 1. The van der Waals surface area contributed by atoms with Crippen LogP contribution in [0.25, 0.3) is 0 Å². The Hall–Kier alpha value is -1.40. The second-order valence-corrected chi connectivity index (χ2v) is 4.11. The number of nitrogens with one attached hydrogen (secondary N) is 1. The lowest BCUT2D eigenvalue weighted by Crippen LogP contribution is -2.39. The summed E-state index contributed by atoms with van der Waals surface area (Å²) in [6, 6.07) is 6.42. The number of nitrogens with zero attached hydrogens (tertiary/aromatic N) is 2. The minimum Gasteiger partial charge on any atom is -0.317 e. The first kappa shape index (κ1) is 10.1. The van der Waals surface area contributed by atoms with Gasteiger partial charge in [0.2, 0.25) is 0 Å². The third-order valence-corrected chi connectivity index (χ3v) is 3.13. The third-order valence-electron chi connectivity index (χ3n) is 3.13. The van der Waals surface area contributed by atoms with Crippen LogP contribution in [0.3, 0.4) is 0 Å². The van der Waals surface area contributed by atoms with Crippen LogP contribution in [0.2, 0.25) is 0 Å². The molecule has 1 aliphatic rings. The molecule has 3 heteroatoms. The molecule has 15 heavy (non-hydrogen) atoms. The molecule has 0 aliphatic carbocycles. The summed E-state index contributed by atoms with van der Waals surface area (Å²) in [7, 11) is 0. The van der Waals surface area contributed by atoms with Crippen molar-refractivity contribution in [1.82, 2.24) is 10.3 Å². The lowest BCUT2D eigenvalue weighted by atomic mass is 9.76. The van der Waals surface area contributed by atoms with Crippen LogP contribution >= 0.6 is 0 Å². The molecule has 0 atom stereocenters. The molecule has 3 nitrogen and oxygen atoms in total. The maximum absolute atomic E-state index is 9.40. The summed E-state index contributed by atoms with van der Waals surface area (Å²) in [6.07, 6.45) is 3.51. The van der Waals surface area contributed by atoms with Gasteiger partial charge in [0.05, 0.1) is 11.8 Å². The Labute approximate surface area is 90.1 Å². The van der Waals surface area contributed by atoms with Gasteiger partial charge in [-0.1, -0.05) is 6.07 Å². The summed E-state index contributed by atoms with van der Waals surface area (Å²) in [5.41, 5.74) is 1.73. The van der Waals surface area contributed by atoms with Gasteiger partial charge < -0.3 is 5.32 Å². The summed E-state index contributed by atoms with van der Waals surface area (Å²) in [4.78, 5) is 4.39. The summed E-state index contributed by atoms with van der Waals surface area (Å²) in [6.45, 7) is 3.84. The molecule has 0 spiro atoms. The van der Waals surface area contributed by atoms with Crippen molar-refractivity contribution >= 4 is 0 Å². The van der Waals surface area contributed by atoms with E-state index in [9.17, 15) is 5.26 Å². The van der Waals surface area contributed by atoms with E-state index >= 15 is 0 Å². The molecule has 2 heterocycles. The smallest absolute Gasteiger partial charge is 0.102 e. The second-order valence-electron chi connectivity index (χ2n) is 4.11. The molecule has 1 N–H and O–H groups in total. The summed E-state index contributed by atoms with van der Waals surface area (Å²) in [5.74, 6) is 0. The zero-order valence-corrected chi connectivity index (χ0v) is 8.95. The highest BCUT2D eigenvalue weighted by molar-refractivity contribution is 5.33. The van der Waals surface area contributed by atoms with E-state index in [1.807, 2.05) is 19.1 Å². The molecule has 78 valence electrons. The summed E-state index contributed by atoms with van der Waals surface area (Å²) in [5, 5.41) is 12.7. The molecule has 2 rings (SSSR count). The molecule has 0 saturated carbocycles. The van der Waals surface area contributed by atoms with Crippen molar-refractivity contribution in [3.05, 3.63) is 29.6 Å². The number of pyridine rings is 1. The average molecular weight is 201 g/mol. The monoisotopic (exact) mass is 201 g/mol. The minimum absolute atomic E-state index is 0.364. The molecule has 1 fully saturated rings. The van der Waals surface area contributed by atoms with Gasteiger partial charge in [0.1, 0.15) is 5.41 Å². The van der Waals surface area contributed by atoms with Gasteiger partial charge in [0.15, 0.2) is 0 Å². The predicted octanol–water partition coefficient (Wildman–Crippen LogP) is 1.53. The van der Waals surface area contributed by atoms with Crippen LogP contribution in [-0.4, -0.2) is 18.1 Å². The van der Waals surface area contributed by atoms with Gasteiger partial charge in [-0.05, 0) is 44.5 Å². The average Bonchev–Trinajstić information content (AvgIpc) is 2.30. The number of aryl methyl sites for hydroxylation is 1. The quantitative estimate of drug-likeness (QED) is 0.749. The maximum atomic E-state index is 9.40. The molecule has 0 radical (unpaired) electrons. The second kappa shape index (κ2) is 4.00. The van der Waals surface area contributed by atoms with Crippen molar-refractivity contribution in [2.45, 2.75) is 25.2 Å². The van der Waals surface area contributed by atoms with Crippen LogP contribution in [0.1, 0.15) is 24.1 Å². The maximum Gasteiger partial charge on any atom is 0.102 e. The number of rotatable bonds is 1. The van der Waals surface area contributed by atoms with E-state index in [1.54, 1.807) is 6.20 Å². The van der Waals surface area contributed by atoms with E-state index in [-0.39, 0.29) is 5.41 Å². The van der Waals surface area contributed by atoms with Gasteiger partial charge in [0, 0.05) is 6.20 Å². The van der Waals surface area contributed by atoms with E-state index in [4.69, 9.17) is 0 Å². The SMILES string of the molecule is Cc1cccnc1C1(C#N)CCNCC1. The zero-order chi connectivity index (χ0) is 10.7. The first-order valence-electron chi connectivity index (χ1n) is 5.32. The van der Waals surface area contributed by atoms with Crippen molar-refractivity contribution in [3.63, 3.8) is 0 Å². The van der Waals surface area contributed by atoms with Crippen LogP contribution in [0.4, 0.5) is 0 Å². The summed E-state index contributed by atoms with van der Waals surface area (Å²) >= 11 is 0. The minimum atomic E-state index is -0.364. The van der Waals surface area contributed by atoms with Gasteiger partial charge in [0.25, 0.3) is 0 Å². The standard InChI is InChI=1S/C12H15N3/c1-10-3-2-6-15-11(10)12(9-13)4-7-14-8-5-12/h2-3,6,14H,4-5,7-8H2,1H3. The van der Waals surface area contributed by atoms with Crippen LogP contribution in [0, 0.1) is 18.3 Å². The van der Waals surface area contributed by atoms with Crippen LogP contribution < -0.4 is 5.32 Å². The van der Waals surface area contributed by atoms with Gasteiger partial charge in [-0.15, -0.1) is 0 Å². The molecule has 0 aromatic carbocycles. The first-order valence-corrected chi connectivity index (χ1v) is 5.32. The highest BCUT2D eigenvalue weighted by Crippen LogP contribution is 2.32. The van der Waals surface area contributed by atoms with E-state index < -0.39 is 0 Å². The molecule has 1 aliphatic heterocycles. The number of piperidine rings is 1. The van der Waals surface area contributed by atoms with Crippen LogP contribution in [-0.2, 0) is 5.41 Å². The number of hydrogen-bond donors (Lipinski definition) is 1. The van der Waals surface area contributed by atoms with Gasteiger partial charge in [-0.25, -0.2) is 0 Å². The van der Waals surface area contributed by atoms with E-state index in [0.717, 1.165) is 37.2 Å². The Bertz CT molecular complexity index is 386. The molecule has 1 aromatic heterocycles. The van der Waals surface area contributed by atoms with Gasteiger partial charge in [-0.3, -0.25) is 4.98 Å². The highest BCUT2D eigenvalue weighted by atomic mass is 14.9. The van der Waals surface area contributed by atoms with Crippen LogP contribution in [0.15, 0.2) is 18.3 Å². The van der Waals surface area contributed by atoms with E-state index in [0.29, 0.717) is 0 Å². The fraction of sp³-hybridized carbons (Fsp3) is 0.500. The van der Waals surface area contributed by atoms with E-state index in [1.165, 1.54) is 0 Å². The van der Waals surface area contributed by atoms with Gasteiger partial charge in [-0.2, -0.15) is 5.26 Å². The van der Waals surface area contributed by atoms with Crippen molar-refractivity contribution in [1.29, 1.82) is 5.26 Å². The normalized spacial score (nSPS) is 19.5. The molecule has 0 amide bonds. The van der Waals surface area contributed by atoms with Gasteiger partial charge >= 0.3 is 0 Å². The first-order chi connectivity index (χ1) is 7.28. The zero-order valence-electron chi connectivity index (χ0n) is 8.95. The Balaban J connectivity index is 2.42. The fourth-order valence-corrected chi connectivity index (χ4v) is 2.24. The predicted molar refractivity (Wildman–Crippen MR) is 58.4 cm³/mol. The largest absolute Gasteiger partial charge is 0.317 e. The third kappa shape index (κ3) is 1.73. The molecule has 0 bridgehead atoms. The molecular formula is C12H15N3. The highest BCUT2D eigenvalue weighted by Gasteiger charge is 2.36. The van der Waals surface area contributed by atoms with Crippen molar-refractivity contribution in [2.24, 2.45) is 0 Å². The Morgan fingerprint density at radius 1 is 1.47 bits per heavy atom. The number of nitriles is 1. The fourth-order valence-electron chi connectivity index (χ4n) is 2.24. The van der Waals surface area contributed by atoms with Crippen LogP contribution in [0.5, 0.6) is 0 Å². The topological polar surface area (TPSA) is 48.7 Å². The van der Waals surface area contributed by atoms with Crippen molar-refractivity contribution in [3.8, 4) is 6.07 Å². The Kier molecular flexibility index (Phi) is 2.70. The van der Waals surface area contributed by atoms with E-state index in [2.05, 4.69) is 16.4 Å². The van der Waals surface area contributed by atoms with Crippen molar-refractivity contribution < 1.29 is 0 Å². The van der Waals surface area contributed by atoms with Crippen molar-refractivity contribution in [2.75, 3.05) is 13.1 Å².